The second-order valence-corrected chi connectivity index (χ2v) is 6.89. The van der Waals surface area contributed by atoms with E-state index in [1.54, 1.807) is 0 Å². The molecule has 0 aromatic carbocycles. The standard InChI is InChI=1S/C16H31NO/c1-6-10-17(7-2)12-13-11-14(16(3,4)5)8-9-15(13)18/h13-14H,6-12H2,1-5H3. The van der Waals surface area contributed by atoms with Gasteiger partial charge in [-0.25, -0.2) is 0 Å². The minimum atomic E-state index is 0.287. The molecule has 0 bridgehead atoms. The van der Waals surface area contributed by atoms with E-state index in [0.29, 0.717) is 17.1 Å². The molecule has 0 aromatic heterocycles. The molecule has 1 saturated carbocycles. The van der Waals surface area contributed by atoms with Crippen LogP contribution in [0.5, 0.6) is 0 Å². The van der Waals surface area contributed by atoms with E-state index >= 15 is 0 Å². The second kappa shape index (κ2) is 6.70. The SMILES string of the molecule is CCCN(CC)CC1CC(C(C)(C)C)CCC1=O. The molecular formula is C16H31NO. The van der Waals surface area contributed by atoms with Crippen LogP contribution in [0.3, 0.4) is 0 Å². The van der Waals surface area contributed by atoms with Gasteiger partial charge in [0, 0.05) is 18.9 Å². The smallest absolute Gasteiger partial charge is 0.137 e. The molecule has 2 unspecified atom stereocenters. The lowest BCUT2D eigenvalue weighted by atomic mass is 9.68. The minimum absolute atomic E-state index is 0.287. The fourth-order valence-corrected chi connectivity index (χ4v) is 3.08. The van der Waals surface area contributed by atoms with Crippen LogP contribution in [0.15, 0.2) is 0 Å². The Labute approximate surface area is 113 Å². The average Bonchev–Trinajstić information content (AvgIpc) is 2.29. The van der Waals surface area contributed by atoms with Gasteiger partial charge in [0.2, 0.25) is 0 Å². The fourth-order valence-electron chi connectivity index (χ4n) is 3.08. The topological polar surface area (TPSA) is 20.3 Å². The van der Waals surface area contributed by atoms with Gasteiger partial charge in [0.1, 0.15) is 5.78 Å². The first-order chi connectivity index (χ1) is 8.38. The molecule has 0 radical (unpaired) electrons. The van der Waals surface area contributed by atoms with Gasteiger partial charge in [-0.15, -0.1) is 0 Å². The van der Waals surface area contributed by atoms with Crippen molar-refractivity contribution in [2.45, 2.75) is 60.3 Å². The summed E-state index contributed by atoms with van der Waals surface area (Å²) in [6.45, 7) is 14.5. The van der Waals surface area contributed by atoms with E-state index in [0.717, 1.165) is 38.9 Å². The molecule has 2 heteroatoms. The average molecular weight is 253 g/mol. The molecule has 1 aliphatic rings. The van der Waals surface area contributed by atoms with Gasteiger partial charge >= 0.3 is 0 Å². The predicted molar refractivity (Wildman–Crippen MR) is 77.7 cm³/mol. The number of Topliss-reactive ketones (excluding diaryl/α,β-unsaturated/α-hetero) is 1. The molecule has 2 atom stereocenters. The molecule has 0 aliphatic heterocycles. The summed E-state index contributed by atoms with van der Waals surface area (Å²) in [6.07, 6.45) is 4.18. The number of hydrogen-bond donors (Lipinski definition) is 0. The molecule has 0 amide bonds. The van der Waals surface area contributed by atoms with E-state index in [4.69, 9.17) is 0 Å². The Morgan fingerprint density at radius 2 is 1.94 bits per heavy atom. The molecule has 0 N–H and O–H groups in total. The van der Waals surface area contributed by atoms with Gasteiger partial charge in [-0.2, -0.15) is 0 Å². The van der Waals surface area contributed by atoms with Crippen molar-refractivity contribution in [3.05, 3.63) is 0 Å². The van der Waals surface area contributed by atoms with Gasteiger partial charge in [-0.3, -0.25) is 4.79 Å². The molecule has 2 nitrogen and oxygen atoms in total. The van der Waals surface area contributed by atoms with Crippen molar-refractivity contribution in [1.29, 1.82) is 0 Å². The summed E-state index contributed by atoms with van der Waals surface area (Å²) in [5, 5.41) is 0. The molecule has 1 aliphatic carbocycles. The highest BCUT2D eigenvalue weighted by atomic mass is 16.1. The summed E-state index contributed by atoms with van der Waals surface area (Å²) in [5.74, 6) is 1.50. The molecule has 1 rings (SSSR count). The largest absolute Gasteiger partial charge is 0.303 e. The van der Waals surface area contributed by atoms with Gasteiger partial charge in [-0.05, 0) is 43.7 Å². The number of carbonyl (C=O) groups is 1. The van der Waals surface area contributed by atoms with Crippen molar-refractivity contribution in [1.82, 2.24) is 4.90 Å². The zero-order valence-corrected chi connectivity index (χ0v) is 13.0. The first-order valence-electron chi connectivity index (χ1n) is 7.63. The Hall–Kier alpha value is -0.370. The van der Waals surface area contributed by atoms with Gasteiger partial charge in [0.25, 0.3) is 0 Å². The quantitative estimate of drug-likeness (QED) is 0.743. The molecular weight excluding hydrogens is 222 g/mol. The number of hydrogen-bond acceptors (Lipinski definition) is 2. The van der Waals surface area contributed by atoms with Crippen molar-refractivity contribution in [3.8, 4) is 0 Å². The normalized spacial score (nSPS) is 25.8. The monoisotopic (exact) mass is 253 g/mol. The van der Waals surface area contributed by atoms with Crippen molar-refractivity contribution in [3.63, 3.8) is 0 Å². The number of rotatable bonds is 5. The van der Waals surface area contributed by atoms with Crippen molar-refractivity contribution in [2.75, 3.05) is 19.6 Å². The number of nitrogens with zero attached hydrogens (tertiary/aromatic N) is 1. The van der Waals surface area contributed by atoms with Crippen molar-refractivity contribution < 1.29 is 4.79 Å². The Kier molecular flexibility index (Phi) is 5.84. The Morgan fingerprint density at radius 1 is 1.28 bits per heavy atom. The van der Waals surface area contributed by atoms with E-state index in [2.05, 4.69) is 39.5 Å². The third kappa shape index (κ3) is 4.38. The molecule has 0 heterocycles. The molecule has 0 spiro atoms. The van der Waals surface area contributed by atoms with Crippen LogP contribution in [0.4, 0.5) is 0 Å². The molecule has 0 saturated heterocycles. The van der Waals surface area contributed by atoms with Crippen molar-refractivity contribution >= 4 is 5.78 Å². The van der Waals surface area contributed by atoms with Gasteiger partial charge in [0.15, 0.2) is 0 Å². The maximum atomic E-state index is 12.1. The van der Waals surface area contributed by atoms with Crippen LogP contribution in [0.2, 0.25) is 0 Å². The third-order valence-corrected chi connectivity index (χ3v) is 4.45. The molecule has 1 fully saturated rings. The van der Waals surface area contributed by atoms with Crippen LogP contribution in [0, 0.1) is 17.3 Å². The zero-order valence-electron chi connectivity index (χ0n) is 13.0. The highest BCUT2D eigenvalue weighted by Gasteiger charge is 2.35. The lowest BCUT2D eigenvalue weighted by molar-refractivity contribution is -0.127. The van der Waals surface area contributed by atoms with Crippen LogP contribution in [-0.2, 0) is 4.79 Å². The highest BCUT2D eigenvalue weighted by molar-refractivity contribution is 5.82. The van der Waals surface area contributed by atoms with E-state index in [-0.39, 0.29) is 5.92 Å². The fraction of sp³-hybridized carbons (Fsp3) is 0.938. The van der Waals surface area contributed by atoms with Gasteiger partial charge < -0.3 is 4.90 Å². The Morgan fingerprint density at radius 3 is 2.44 bits per heavy atom. The summed E-state index contributed by atoms with van der Waals surface area (Å²) in [7, 11) is 0. The van der Waals surface area contributed by atoms with Gasteiger partial charge in [-0.1, -0.05) is 34.6 Å². The zero-order chi connectivity index (χ0) is 13.8. The van der Waals surface area contributed by atoms with E-state index in [9.17, 15) is 4.79 Å². The molecule has 106 valence electrons. The predicted octanol–water partition coefficient (Wildman–Crippen LogP) is 3.75. The van der Waals surface area contributed by atoms with Crippen molar-refractivity contribution in [2.24, 2.45) is 17.3 Å². The van der Waals surface area contributed by atoms with Crippen LogP contribution in [-0.4, -0.2) is 30.3 Å². The first kappa shape index (κ1) is 15.7. The number of carbonyl (C=O) groups excluding carboxylic acids is 1. The van der Waals surface area contributed by atoms with E-state index < -0.39 is 0 Å². The Balaban J connectivity index is 2.59. The number of ketones is 1. The third-order valence-electron chi connectivity index (χ3n) is 4.45. The maximum absolute atomic E-state index is 12.1. The van der Waals surface area contributed by atoms with Crippen LogP contribution in [0.1, 0.15) is 60.3 Å². The maximum Gasteiger partial charge on any atom is 0.137 e. The summed E-state index contributed by atoms with van der Waals surface area (Å²) < 4.78 is 0. The summed E-state index contributed by atoms with van der Waals surface area (Å²) in [6, 6.07) is 0. The van der Waals surface area contributed by atoms with Crippen LogP contribution < -0.4 is 0 Å². The van der Waals surface area contributed by atoms with Crippen LogP contribution in [0.25, 0.3) is 0 Å². The summed E-state index contributed by atoms with van der Waals surface area (Å²) in [4.78, 5) is 14.5. The van der Waals surface area contributed by atoms with Crippen LogP contribution >= 0.6 is 0 Å². The van der Waals surface area contributed by atoms with Gasteiger partial charge in [0.05, 0.1) is 0 Å². The second-order valence-electron chi connectivity index (χ2n) is 6.89. The van der Waals surface area contributed by atoms with E-state index in [1.807, 2.05) is 0 Å². The highest BCUT2D eigenvalue weighted by Crippen LogP contribution is 2.39. The molecule has 18 heavy (non-hydrogen) atoms. The first-order valence-corrected chi connectivity index (χ1v) is 7.63. The molecule has 0 aromatic rings. The lowest BCUT2D eigenvalue weighted by Crippen LogP contribution is -2.39. The van der Waals surface area contributed by atoms with E-state index in [1.165, 1.54) is 6.42 Å². The summed E-state index contributed by atoms with van der Waals surface area (Å²) >= 11 is 0. The lowest BCUT2D eigenvalue weighted by Gasteiger charge is -2.38. The minimum Gasteiger partial charge on any atom is -0.303 e. The Bertz CT molecular complexity index is 267. The summed E-state index contributed by atoms with van der Waals surface area (Å²) in [5.41, 5.74) is 0.348.